The minimum Gasteiger partial charge on any atom is -0.496 e. The minimum atomic E-state index is -0.686. The monoisotopic (exact) mass is 637 g/mol. The molecular formula is C33H24ClN5O7. The highest BCUT2D eigenvalue weighted by atomic mass is 35.5. The number of ether oxygens (including phenoxy) is 2. The average Bonchev–Trinajstić information content (AvgIpc) is 3.49. The molecule has 230 valence electrons. The Morgan fingerprint density at radius 3 is 2.65 bits per heavy atom. The summed E-state index contributed by atoms with van der Waals surface area (Å²) in [7, 11) is 1.53. The minimum absolute atomic E-state index is 0.0125. The van der Waals surface area contributed by atoms with Crippen molar-refractivity contribution in [1.82, 2.24) is 9.66 Å². The van der Waals surface area contributed by atoms with E-state index in [4.69, 9.17) is 25.5 Å². The SMILES string of the molecule is COc1cccc2oc(-c3nc4ccccc4c(=O)n3N=Cc3cc(Cl)cc([N+](=O)[O-])c3OCC(=O)Nc3ccccc3C)cc12. The molecule has 0 saturated carbocycles. The number of benzene rings is 4. The number of anilines is 1. The van der Waals surface area contributed by atoms with E-state index in [-0.39, 0.29) is 33.3 Å². The summed E-state index contributed by atoms with van der Waals surface area (Å²) in [6, 6.07) is 23.3. The molecule has 0 spiro atoms. The Morgan fingerprint density at radius 2 is 1.87 bits per heavy atom. The third kappa shape index (κ3) is 5.88. The Bertz CT molecular complexity index is 2240. The number of carbonyl (C=O) groups is 1. The molecule has 12 nitrogen and oxygen atoms in total. The van der Waals surface area contributed by atoms with E-state index in [1.54, 1.807) is 60.7 Å². The molecule has 0 fully saturated rings. The van der Waals surface area contributed by atoms with E-state index in [2.05, 4.69) is 15.4 Å². The number of aromatic nitrogens is 2. The first-order valence-corrected chi connectivity index (χ1v) is 14.2. The molecule has 4 aromatic carbocycles. The molecule has 1 N–H and O–H groups in total. The van der Waals surface area contributed by atoms with Gasteiger partial charge in [0.25, 0.3) is 11.5 Å². The molecule has 13 heteroatoms. The first kappa shape index (κ1) is 30.0. The lowest BCUT2D eigenvalue weighted by molar-refractivity contribution is -0.385. The van der Waals surface area contributed by atoms with Crippen molar-refractivity contribution in [2.24, 2.45) is 5.10 Å². The zero-order chi connectivity index (χ0) is 32.4. The number of nitrogens with zero attached hydrogens (tertiary/aromatic N) is 4. The molecule has 0 bridgehead atoms. The number of nitro benzene ring substituents is 1. The first-order chi connectivity index (χ1) is 22.2. The maximum absolute atomic E-state index is 13.7. The van der Waals surface area contributed by atoms with E-state index in [1.165, 1.54) is 19.4 Å². The van der Waals surface area contributed by atoms with Crippen LogP contribution in [0.15, 0.2) is 99.2 Å². The number of nitrogens with one attached hydrogen (secondary N) is 1. The Morgan fingerprint density at radius 1 is 1.09 bits per heavy atom. The van der Waals surface area contributed by atoms with Gasteiger partial charge in [-0.05, 0) is 55.0 Å². The second-order valence-electron chi connectivity index (χ2n) is 10.0. The van der Waals surface area contributed by atoms with E-state index in [0.717, 1.165) is 16.3 Å². The van der Waals surface area contributed by atoms with Crippen molar-refractivity contribution >= 4 is 57.0 Å². The quantitative estimate of drug-likeness (QED) is 0.106. The second-order valence-corrected chi connectivity index (χ2v) is 10.5. The van der Waals surface area contributed by atoms with Gasteiger partial charge in [-0.2, -0.15) is 9.78 Å². The summed E-state index contributed by atoms with van der Waals surface area (Å²) in [4.78, 5) is 42.4. The predicted molar refractivity (Wildman–Crippen MR) is 174 cm³/mol. The number of carbonyl (C=O) groups excluding carboxylic acids is 1. The van der Waals surface area contributed by atoms with Crippen molar-refractivity contribution in [3.05, 3.63) is 122 Å². The number of amides is 1. The lowest BCUT2D eigenvalue weighted by Crippen LogP contribution is -2.22. The Balaban J connectivity index is 1.43. The van der Waals surface area contributed by atoms with Crippen molar-refractivity contribution in [3.63, 3.8) is 0 Å². The van der Waals surface area contributed by atoms with Crippen LogP contribution in [0.2, 0.25) is 5.02 Å². The molecule has 0 saturated heterocycles. The van der Waals surface area contributed by atoms with Gasteiger partial charge in [-0.1, -0.05) is 48.0 Å². The van der Waals surface area contributed by atoms with Gasteiger partial charge >= 0.3 is 5.69 Å². The number of hydrogen-bond donors (Lipinski definition) is 1. The number of halogens is 1. The van der Waals surface area contributed by atoms with Crippen LogP contribution in [0.3, 0.4) is 0 Å². The summed E-state index contributed by atoms with van der Waals surface area (Å²) in [5.74, 6) is 0.0369. The molecule has 0 aliphatic carbocycles. The third-order valence-corrected chi connectivity index (χ3v) is 7.27. The number of rotatable bonds is 9. The van der Waals surface area contributed by atoms with Crippen LogP contribution in [0, 0.1) is 17.0 Å². The Kier molecular flexibility index (Phi) is 8.19. The van der Waals surface area contributed by atoms with Gasteiger partial charge in [0.05, 0.1) is 34.5 Å². The summed E-state index contributed by atoms with van der Waals surface area (Å²) in [6.07, 6.45) is 1.18. The zero-order valence-corrected chi connectivity index (χ0v) is 25.1. The van der Waals surface area contributed by atoms with E-state index in [0.29, 0.717) is 27.9 Å². The highest BCUT2D eigenvalue weighted by Gasteiger charge is 2.23. The molecular weight excluding hydrogens is 614 g/mol. The lowest BCUT2D eigenvalue weighted by atomic mass is 10.2. The number of para-hydroxylation sites is 2. The topological polar surface area (TPSA) is 151 Å². The molecule has 6 rings (SSSR count). The smallest absolute Gasteiger partial charge is 0.313 e. The molecule has 0 unspecified atom stereocenters. The molecule has 0 radical (unpaired) electrons. The van der Waals surface area contributed by atoms with Gasteiger partial charge in [0.1, 0.15) is 11.3 Å². The average molecular weight is 638 g/mol. The van der Waals surface area contributed by atoms with Gasteiger partial charge < -0.3 is 19.2 Å². The second kappa shape index (κ2) is 12.5. The van der Waals surface area contributed by atoms with Gasteiger partial charge in [-0.15, -0.1) is 0 Å². The molecule has 1 amide bonds. The van der Waals surface area contributed by atoms with Crippen molar-refractivity contribution in [3.8, 4) is 23.1 Å². The molecule has 2 aromatic heterocycles. The zero-order valence-electron chi connectivity index (χ0n) is 24.4. The Labute approximate surface area is 265 Å². The number of aryl methyl sites for hydroxylation is 1. The van der Waals surface area contributed by atoms with Crippen LogP contribution in [0.5, 0.6) is 11.5 Å². The summed E-state index contributed by atoms with van der Waals surface area (Å²) in [6.45, 7) is 1.27. The van der Waals surface area contributed by atoms with Crippen molar-refractivity contribution in [2.75, 3.05) is 19.0 Å². The third-order valence-electron chi connectivity index (χ3n) is 7.05. The van der Waals surface area contributed by atoms with Crippen LogP contribution < -0.4 is 20.3 Å². The maximum Gasteiger partial charge on any atom is 0.313 e. The molecule has 0 aliphatic heterocycles. The van der Waals surface area contributed by atoms with Crippen molar-refractivity contribution in [2.45, 2.75) is 6.92 Å². The first-order valence-electron chi connectivity index (χ1n) is 13.8. The van der Waals surface area contributed by atoms with Gasteiger partial charge in [0.2, 0.25) is 11.6 Å². The fourth-order valence-electron chi connectivity index (χ4n) is 4.86. The van der Waals surface area contributed by atoms with Gasteiger partial charge in [0.15, 0.2) is 12.4 Å². The van der Waals surface area contributed by atoms with Gasteiger partial charge in [0, 0.05) is 22.3 Å². The fourth-order valence-corrected chi connectivity index (χ4v) is 5.08. The fraction of sp³-hybridized carbons (Fsp3) is 0.0909. The van der Waals surface area contributed by atoms with Crippen LogP contribution in [0.1, 0.15) is 11.1 Å². The van der Waals surface area contributed by atoms with Crippen LogP contribution in [0.4, 0.5) is 11.4 Å². The summed E-state index contributed by atoms with van der Waals surface area (Å²) < 4.78 is 18.2. The normalized spacial score (nSPS) is 11.3. The number of methoxy groups -OCH3 is 1. The largest absolute Gasteiger partial charge is 0.496 e. The highest BCUT2D eigenvalue weighted by Crippen LogP contribution is 2.35. The number of nitro groups is 1. The number of furan rings is 1. The van der Waals surface area contributed by atoms with E-state index in [9.17, 15) is 19.7 Å². The van der Waals surface area contributed by atoms with Gasteiger partial charge in [-0.25, -0.2) is 4.98 Å². The molecule has 0 atom stereocenters. The summed E-state index contributed by atoms with van der Waals surface area (Å²) in [5, 5.41) is 20.0. The maximum atomic E-state index is 13.7. The predicted octanol–water partition coefficient (Wildman–Crippen LogP) is 6.59. The van der Waals surface area contributed by atoms with Crippen LogP contribution >= 0.6 is 11.6 Å². The molecule has 0 aliphatic rings. The van der Waals surface area contributed by atoms with Gasteiger partial charge in [-0.3, -0.25) is 19.7 Å². The summed E-state index contributed by atoms with van der Waals surface area (Å²) >= 11 is 6.24. The molecule has 6 aromatic rings. The lowest BCUT2D eigenvalue weighted by Gasteiger charge is -2.12. The molecule has 2 heterocycles. The van der Waals surface area contributed by atoms with Crippen LogP contribution in [-0.2, 0) is 4.79 Å². The van der Waals surface area contributed by atoms with Crippen molar-refractivity contribution < 1.29 is 23.6 Å². The van der Waals surface area contributed by atoms with E-state index in [1.807, 2.05) is 19.1 Å². The van der Waals surface area contributed by atoms with Crippen LogP contribution in [0.25, 0.3) is 33.5 Å². The standard InChI is InChI=1S/C33H24ClN5O7/c1-19-8-3-5-10-24(19)36-30(40)18-45-31-20(14-21(34)15-26(31)39(42)43)17-35-38-32(37-25-11-6-4-9-22(25)33(38)41)29-16-23-27(44-2)12-7-13-28(23)46-29/h3-17H,18H2,1-2H3,(H,36,40). The number of fused-ring (bicyclic) bond motifs is 2. The summed E-state index contributed by atoms with van der Waals surface area (Å²) in [5.41, 5.74) is 1.32. The van der Waals surface area contributed by atoms with E-state index < -0.39 is 28.7 Å². The van der Waals surface area contributed by atoms with E-state index >= 15 is 0 Å². The molecule has 46 heavy (non-hydrogen) atoms. The van der Waals surface area contributed by atoms with Crippen LogP contribution in [-0.4, -0.2) is 40.4 Å². The highest BCUT2D eigenvalue weighted by molar-refractivity contribution is 6.31. The Hall–Kier alpha value is -6.01. The number of hydrogen-bond acceptors (Lipinski definition) is 9. The van der Waals surface area contributed by atoms with Crippen molar-refractivity contribution in [1.29, 1.82) is 0 Å².